The zero-order chi connectivity index (χ0) is 19.2. The van der Waals surface area contributed by atoms with Gasteiger partial charge < -0.3 is 9.47 Å². The van der Waals surface area contributed by atoms with Crippen molar-refractivity contribution in [1.82, 2.24) is 4.57 Å². The molecule has 0 saturated carbocycles. The van der Waals surface area contributed by atoms with Crippen LogP contribution in [0.1, 0.15) is 27.2 Å². The average Bonchev–Trinajstić information content (AvgIpc) is 2.99. The van der Waals surface area contributed by atoms with Crippen LogP contribution >= 0.6 is 0 Å². The molecule has 0 unspecified atom stereocenters. The number of hydrogen-bond donors (Lipinski definition) is 0. The molecule has 138 valence electrons. The van der Waals surface area contributed by atoms with Crippen LogP contribution in [-0.4, -0.2) is 10.5 Å². The van der Waals surface area contributed by atoms with Crippen molar-refractivity contribution in [3.8, 4) is 0 Å². The first-order valence-electron chi connectivity index (χ1n) is 8.25. The quantitative estimate of drug-likeness (QED) is 0.559. The number of nitrogens with zero attached hydrogens (tertiary/aromatic N) is 2. The van der Waals surface area contributed by atoms with Gasteiger partial charge in [-0.05, 0) is 42.0 Å². The predicted molar refractivity (Wildman–Crippen MR) is 91.9 cm³/mol. The molecule has 1 amide bonds. The minimum atomic E-state index is -4.83. The van der Waals surface area contributed by atoms with Gasteiger partial charge in [-0.2, -0.15) is 13.2 Å². The van der Waals surface area contributed by atoms with Crippen LogP contribution in [0.25, 0.3) is 0 Å². The molecule has 0 radical (unpaired) electrons. The number of para-hydroxylation sites is 1. The van der Waals surface area contributed by atoms with Gasteiger partial charge in [0, 0.05) is 24.1 Å². The van der Waals surface area contributed by atoms with Crippen molar-refractivity contribution in [1.29, 1.82) is 0 Å². The number of aromatic nitrogens is 1. The molecule has 3 aromatic rings. The lowest BCUT2D eigenvalue weighted by molar-refractivity contribution is -0.138. The first-order chi connectivity index (χ1) is 12.8. The van der Waals surface area contributed by atoms with E-state index in [1.165, 1.54) is 4.90 Å². The molecule has 2 heterocycles. The van der Waals surface area contributed by atoms with Crippen LogP contribution in [0.4, 0.5) is 23.2 Å². The van der Waals surface area contributed by atoms with E-state index in [1.807, 2.05) is 35.0 Å². The second-order valence-electron chi connectivity index (χ2n) is 6.34. The molecule has 1 aliphatic heterocycles. The topological polar surface area (TPSA) is 25.2 Å². The Labute approximate surface area is 152 Å². The van der Waals surface area contributed by atoms with E-state index in [4.69, 9.17) is 0 Å². The van der Waals surface area contributed by atoms with Crippen molar-refractivity contribution in [3.05, 3.63) is 89.0 Å². The second kappa shape index (κ2) is 6.26. The molecule has 0 atom stereocenters. The van der Waals surface area contributed by atoms with Crippen LogP contribution in [0.15, 0.2) is 60.8 Å². The Bertz CT molecular complexity index is 1020. The minimum Gasteiger partial charge on any atom is -0.345 e. The van der Waals surface area contributed by atoms with E-state index in [1.54, 1.807) is 12.1 Å². The molecule has 0 N–H and O–H groups in total. The second-order valence-corrected chi connectivity index (χ2v) is 6.34. The SMILES string of the molecule is O=C(c1ccc(F)cc1C(F)(F)F)N1Cc2cccn2Cc2ccccc21. The smallest absolute Gasteiger partial charge is 0.345 e. The van der Waals surface area contributed by atoms with Crippen LogP contribution in [0.3, 0.4) is 0 Å². The van der Waals surface area contributed by atoms with Gasteiger partial charge in [0.1, 0.15) is 5.82 Å². The van der Waals surface area contributed by atoms with Gasteiger partial charge in [0.15, 0.2) is 0 Å². The highest BCUT2D eigenvalue weighted by molar-refractivity contribution is 6.07. The standard InChI is InChI=1S/C20H14F4N2O/c21-14-7-8-16(17(10-14)20(22,23)24)19(27)26-12-15-5-3-9-25(15)11-13-4-1-2-6-18(13)26/h1-10H,11-12H2. The Morgan fingerprint density at radius 2 is 1.74 bits per heavy atom. The van der Waals surface area contributed by atoms with Crippen LogP contribution in [0.5, 0.6) is 0 Å². The molecule has 0 aliphatic carbocycles. The molecule has 0 saturated heterocycles. The van der Waals surface area contributed by atoms with E-state index in [0.717, 1.165) is 23.4 Å². The molecule has 4 rings (SSSR count). The molecule has 27 heavy (non-hydrogen) atoms. The molecule has 0 bridgehead atoms. The molecule has 0 fully saturated rings. The lowest BCUT2D eigenvalue weighted by atomic mass is 10.0. The van der Waals surface area contributed by atoms with E-state index in [2.05, 4.69) is 0 Å². The number of rotatable bonds is 1. The number of carbonyl (C=O) groups excluding carboxylic acids is 1. The summed E-state index contributed by atoms with van der Waals surface area (Å²) < 4.78 is 55.5. The van der Waals surface area contributed by atoms with Crippen LogP contribution in [-0.2, 0) is 19.3 Å². The highest BCUT2D eigenvalue weighted by Gasteiger charge is 2.37. The minimum absolute atomic E-state index is 0.123. The Kier molecular flexibility index (Phi) is 4.02. The maximum Gasteiger partial charge on any atom is 0.417 e. The summed E-state index contributed by atoms with van der Waals surface area (Å²) in [4.78, 5) is 14.4. The van der Waals surface area contributed by atoms with Crippen molar-refractivity contribution >= 4 is 11.6 Å². The molecule has 1 aromatic heterocycles. The average molecular weight is 374 g/mol. The molecule has 3 nitrogen and oxygen atoms in total. The largest absolute Gasteiger partial charge is 0.417 e. The fourth-order valence-corrected chi connectivity index (χ4v) is 3.35. The maximum atomic E-state index is 13.4. The number of amides is 1. The monoisotopic (exact) mass is 374 g/mol. The van der Waals surface area contributed by atoms with Gasteiger partial charge in [-0.3, -0.25) is 4.79 Å². The van der Waals surface area contributed by atoms with Gasteiger partial charge in [0.25, 0.3) is 5.91 Å². The summed E-state index contributed by atoms with van der Waals surface area (Å²) >= 11 is 0. The van der Waals surface area contributed by atoms with Crippen LogP contribution in [0, 0.1) is 5.82 Å². The fourth-order valence-electron chi connectivity index (χ4n) is 3.35. The summed E-state index contributed by atoms with van der Waals surface area (Å²) in [5.74, 6) is -1.85. The fraction of sp³-hybridized carbons (Fsp3) is 0.150. The van der Waals surface area contributed by atoms with E-state index in [-0.39, 0.29) is 6.54 Å². The van der Waals surface area contributed by atoms with E-state index in [0.29, 0.717) is 18.3 Å². The van der Waals surface area contributed by atoms with Crippen molar-refractivity contribution in [2.24, 2.45) is 0 Å². The van der Waals surface area contributed by atoms with Crippen molar-refractivity contribution in [2.45, 2.75) is 19.3 Å². The third-order valence-corrected chi connectivity index (χ3v) is 4.63. The molecular formula is C20H14F4N2O. The summed E-state index contributed by atoms with van der Waals surface area (Å²) in [5.41, 5.74) is 0.318. The summed E-state index contributed by atoms with van der Waals surface area (Å²) in [7, 11) is 0. The predicted octanol–water partition coefficient (Wildman–Crippen LogP) is 4.85. The van der Waals surface area contributed by atoms with Gasteiger partial charge in [-0.1, -0.05) is 18.2 Å². The maximum absolute atomic E-state index is 13.4. The molecule has 7 heteroatoms. The Morgan fingerprint density at radius 1 is 0.963 bits per heavy atom. The Hall–Kier alpha value is -3.09. The highest BCUT2D eigenvalue weighted by Crippen LogP contribution is 2.35. The van der Waals surface area contributed by atoms with Gasteiger partial charge in [-0.15, -0.1) is 0 Å². The van der Waals surface area contributed by atoms with Crippen LogP contribution in [0.2, 0.25) is 0 Å². The zero-order valence-electron chi connectivity index (χ0n) is 14.0. The van der Waals surface area contributed by atoms with Gasteiger partial charge in [0.2, 0.25) is 0 Å². The summed E-state index contributed by atoms with van der Waals surface area (Å²) in [6.07, 6.45) is -2.97. The molecular weight excluding hydrogens is 360 g/mol. The van der Waals surface area contributed by atoms with E-state index >= 15 is 0 Å². The lowest BCUT2D eigenvalue weighted by Crippen LogP contribution is -2.32. The number of alkyl halides is 3. The van der Waals surface area contributed by atoms with Gasteiger partial charge in [-0.25, -0.2) is 4.39 Å². The first kappa shape index (κ1) is 17.3. The highest BCUT2D eigenvalue weighted by atomic mass is 19.4. The number of anilines is 1. The van der Waals surface area contributed by atoms with Gasteiger partial charge >= 0.3 is 6.18 Å². The number of hydrogen-bond acceptors (Lipinski definition) is 1. The molecule has 2 aromatic carbocycles. The molecule has 0 spiro atoms. The summed E-state index contributed by atoms with van der Waals surface area (Å²) in [6, 6.07) is 12.9. The van der Waals surface area contributed by atoms with E-state index in [9.17, 15) is 22.4 Å². The lowest BCUT2D eigenvalue weighted by Gasteiger charge is -2.24. The molecule has 1 aliphatic rings. The summed E-state index contributed by atoms with van der Waals surface area (Å²) in [5, 5.41) is 0. The normalized spacial score (nSPS) is 13.7. The van der Waals surface area contributed by atoms with Crippen molar-refractivity contribution < 1.29 is 22.4 Å². The number of carbonyl (C=O) groups is 1. The first-order valence-corrected chi connectivity index (χ1v) is 8.25. The van der Waals surface area contributed by atoms with Crippen molar-refractivity contribution in [3.63, 3.8) is 0 Å². The summed E-state index contributed by atoms with van der Waals surface area (Å²) in [6.45, 7) is 0.634. The van der Waals surface area contributed by atoms with E-state index < -0.39 is 29.0 Å². The Balaban J connectivity index is 1.85. The van der Waals surface area contributed by atoms with Gasteiger partial charge in [0.05, 0.1) is 17.7 Å². The zero-order valence-corrected chi connectivity index (χ0v) is 14.0. The number of halogens is 4. The Morgan fingerprint density at radius 3 is 2.52 bits per heavy atom. The van der Waals surface area contributed by atoms with Crippen LogP contribution < -0.4 is 4.90 Å². The third-order valence-electron chi connectivity index (χ3n) is 4.63. The number of fused-ring (bicyclic) bond motifs is 2. The van der Waals surface area contributed by atoms with Crippen molar-refractivity contribution in [2.75, 3.05) is 4.90 Å². The number of benzene rings is 2. The third kappa shape index (κ3) is 3.09.